The van der Waals surface area contributed by atoms with Crippen LogP contribution in [-0.2, 0) is 9.09 Å². The SMILES string of the molecule is Cc1ccc([C@@H](O)[P@@](=O)(OCC(C)C)c2ccc(N(C)C)cc2)cc1. The van der Waals surface area contributed by atoms with Crippen molar-refractivity contribution in [3.63, 3.8) is 0 Å². The topological polar surface area (TPSA) is 49.8 Å². The molecule has 0 aliphatic heterocycles. The lowest BCUT2D eigenvalue weighted by atomic mass is 10.2. The first-order valence-corrected chi connectivity index (χ1v) is 10.2. The zero-order valence-corrected chi connectivity index (χ0v) is 16.5. The number of anilines is 1. The van der Waals surface area contributed by atoms with Crippen molar-refractivity contribution in [2.75, 3.05) is 25.6 Å². The summed E-state index contributed by atoms with van der Waals surface area (Å²) in [5.41, 5.74) is 2.70. The first kappa shape index (κ1) is 19.7. The van der Waals surface area contributed by atoms with Gasteiger partial charge in [0.15, 0.2) is 5.85 Å². The summed E-state index contributed by atoms with van der Waals surface area (Å²) in [7, 11) is 0.432. The lowest BCUT2D eigenvalue weighted by molar-refractivity contribution is 0.203. The number of aliphatic hydroxyl groups is 1. The van der Waals surface area contributed by atoms with Gasteiger partial charge in [-0.1, -0.05) is 43.7 Å². The molecular formula is C20H28NO3P. The van der Waals surface area contributed by atoms with Gasteiger partial charge in [0.25, 0.3) is 7.37 Å². The van der Waals surface area contributed by atoms with Crippen molar-refractivity contribution in [3.05, 3.63) is 59.7 Å². The fraction of sp³-hybridized carbons (Fsp3) is 0.400. The Bertz CT molecular complexity index is 724. The van der Waals surface area contributed by atoms with Crippen LogP contribution in [0.2, 0.25) is 0 Å². The predicted octanol–water partition coefficient (Wildman–Crippen LogP) is 4.33. The predicted molar refractivity (Wildman–Crippen MR) is 105 cm³/mol. The molecule has 0 fully saturated rings. The lowest BCUT2D eigenvalue weighted by Gasteiger charge is -2.26. The van der Waals surface area contributed by atoms with Gasteiger partial charge in [0.1, 0.15) is 0 Å². The molecule has 5 heteroatoms. The van der Waals surface area contributed by atoms with Crippen LogP contribution < -0.4 is 10.2 Å². The molecule has 0 heterocycles. The van der Waals surface area contributed by atoms with Crippen LogP contribution in [0.5, 0.6) is 0 Å². The number of hydrogen-bond donors (Lipinski definition) is 1. The molecule has 136 valence electrons. The minimum absolute atomic E-state index is 0.222. The van der Waals surface area contributed by atoms with E-state index in [1.54, 1.807) is 24.3 Å². The number of nitrogens with zero attached hydrogens (tertiary/aromatic N) is 1. The molecule has 1 N–H and O–H groups in total. The van der Waals surface area contributed by atoms with E-state index in [1.165, 1.54) is 0 Å². The van der Waals surface area contributed by atoms with Crippen LogP contribution in [0.15, 0.2) is 48.5 Å². The molecule has 0 aliphatic rings. The van der Waals surface area contributed by atoms with Gasteiger partial charge in [-0.2, -0.15) is 0 Å². The lowest BCUT2D eigenvalue weighted by Crippen LogP contribution is -2.17. The highest BCUT2D eigenvalue weighted by molar-refractivity contribution is 7.67. The Morgan fingerprint density at radius 2 is 1.60 bits per heavy atom. The van der Waals surface area contributed by atoms with Gasteiger partial charge in [-0.15, -0.1) is 0 Å². The normalized spacial score (nSPS) is 15.0. The minimum Gasteiger partial charge on any atom is -0.378 e. The van der Waals surface area contributed by atoms with E-state index in [4.69, 9.17) is 4.52 Å². The van der Waals surface area contributed by atoms with Gasteiger partial charge in [0.2, 0.25) is 0 Å². The van der Waals surface area contributed by atoms with E-state index in [-0.39, 0.29) is 5.92 Å². The second-order valence-corrected chi connectivity index (χ2v) is 9.44. The summed E-state index contributed by atoms with van der Waals surface area (Å²) < 4.78 is 19.5. The quantitative estimate of drug-likeness (QED) is 0.746. The molecule has 2 aromatic carbocycles. The highest BCUT2D eigenvalue weighted by atomic mass is 31.2. The van der Waals surface area contributed by atoms with Crippen LogP contribution in [-0.4, -0.2) is 25.8 Å². The van der Waals surface area contributed by atoms with Crippen molar-refractivity contribution in [1.82, 2.24) is 0 Å². The number of hydrogen-bond acceptors (Lipinski definition) is 4. The van der Waals surface area contributed by atoms with Crippen LogP contribution >= 0.6 is 7.37 Å². The third kappa shape index (κ3) is 4.72. The molecule has 0 aliphatic carbocycles. The smallest absolute Gasteiger partial charge is 0.264 e. The molecule has 0 saturated heterocycles. The third-order valence-electron chi connectivity index (χ3n) is 4.02. The van der Waals surface area contributed by atoms with Crippen LogP contribution in [0, 0.1) is 12.8 Å². The zero-order chi connectivity index (χ0) is 18.6. The molecule has 0 bridgehead atoms. The molecule has 0 spiro atoms. The standard InChI is InChI=1S/C20H28NO3P/c1-15(2)14-24-25(23,19-12-10-18(11-13-19)21(4)5)20(22)17-8-6-16(3)7-9-17/h6-13,15,20,22H,14H2,1-5H3/t20-,25-/m0/s1. The van der Waals surface area contributed by atoms with Gasteiger partial charge in [0, 0.05) is 25.1 Å². The van der Waals surface area contributed by atoms with Crippen molar-refractivity contribution >= 4 is 18.4 Å². The Kier molecular flexibility index (Phi) is 6.45. The third-order valence-corrected chi connectivity index (χ3v) is 6.52. The van der Waals surface area contributed by atoms with Gasteiger partial charge in [-0.25, -0.2) is 0 Å². The Hall–Kier alpha value is -1.61. The van der Waals surface area contributed by atoms with Crippen molar-refractivity contribution in [2.24, 2.45) is 5.92 Å². The van der Waals surface area contributed by atoms with Crippen LogP contribution in [0.1, 0.15) is 30.8 Å². The summed E-state index contributed by atoms with van der Waals surface area (Å²) in [6, 6.07) is 14.8. The van der Waals surface area contributed by atoms with Crippen molar-refractivity contribution in [2.45, 2.75) is 26.6 Å². The van der Waals surface area contributed by atoms with E-state index in [2.05, 4.69) is 0 Å². The fourth-order valence-corrected chi connectivity index (χ4v) is 4.66. The summed E-state index contributed by atoms with van der Waals surface area (Å²) in [6.45, 7) is 6.30. The molecule has 2 aromatic rings. The average molecular weight is 361 g/mol. The Morgan fingerprint density at radius 1 is 1.04 bits per heavy atom. The van der Waals surface area contributed by atoms with Crippen LogP contribution in [0.4, 0.5) is 5.69 Å². The second-order valence-electron chi connectivity index (χ2n) is 6.98. The summed E-state index contributed by atoms with van der Waals surface area (Å²) >= 11 is 0. The van der Waals surface area contributed by atoms with Crippen molar-refractivity contribution < 1.29 is 14.2 Å². The van der Waals surface area contributed by atoms with E-state index in [9.17, 15) is 9.67 Å². The van der Waals surface area contributed by atoms with Gasteiger partial charge in [-0.3, -0.25) is 4.57 Å². The number of aryl methyl sites for hydroxylation is 1. The Labute approximate surface area is 150 Å². The average Bonchev–Trinajstić information content (AvgIpc) is 2.59. The molecule has 2 rings (SSSR count). The zero-order valence-electron chi connectivity index (χ0n) is 15.6. The van der Waals surface area contributed by atoms with Crippen molar-refractivity contribution in [3.8, 4) is 0 Å². The molecule has 2 atom stereocenters. The molecule has 0 radical (unpaired) electrons. The molecule has 25 heavy (non-hydrogen) atoms. The summed E-state index contributed by atoms with van der Waals surface area (Å²) in [4.78, 5) is 1.97. The van der Waals surface area contributed by atoms with Crippen LogP contribution in [0.25, 0.3) is 0 Å². The Morgan fingerprint density at radius 3 is 2.08 bits per heavy atom. The number of aliphatic hydroxyl groups excluding tert-OH is 1. The maximum atomic E-state index is 13.7. The van der Waals surface area contributed by atoms with Crippen molar-refractivity contribution in [1.29, 1.82) is 0 Å². The summed E-state index contributed by atoms with van der Waals surface area (Å²) in [5.74, 6) is -0.961. The maximum Gasteiger partial charge on any atom is 0.264 e. The Balaban J connectivity index is 2.42. The van der Waals surface area contributed by atoms with Gasteiger partial charge in [-0.05, 0) is 42.7 Å². The molecule has 4 nitrogen and oxygen atoms in total. The fourth-order valence-electron chi connectivity index (χ4n) is 2.44. The molecule has 0 unspecified atom stereocenters. The van der Waals surface area contributed by atoms with Gasteiger partial charge >= 0.3 is 0 Å². The number of benzene rings is 2. The monoisotopic (exact) mass is 361 g/mol. The largest absolute Gasteiger partial charge is 0.378 e. The highest BCUT2D eigenvalue weighted by Gasteiger charge is 2.36. The molecular weight excluding hydrogens is 333 g/mol. The molecule has 0 aromatic heterocycles. The van der Waals surface area contributed by atoms with Crippen LogP contribution in [0.3, 0.4) is 0 Å². The van der Waals surface area contributed by atoms with E-state index < -0.39 is 13.2 Å². The first-order valence-electron chi connectivity index (χ1n) is 8.51. The minimum atomic E-state index is -3.47. The van der Waals surface area contributed by atoms with E-state index >= 15 is 0 Å². The summed E-state index contributed by atoms with van der Waals surface area (Å²) in [6.07, 6.45) is 0. The summed E-state index contributed by atoms with van der Waals surface area (Å²) in [5, 5.41) is 11.4. The first-order chi connectivity index (χ1) is 11.7. The van der Waals surface area contributed by atoms with E-state index in [0.29, 0.717) is 17.5 Å². The van der Waals surface area contributed by atoms with E-state index in [0.717, 1.165) is 11.3 Å². The maximum absolute atomic E-state index is 13.7. The molecule has 0 saturated carbocycles. The van der Waals surface area contributed by atoms with Gasteiger partial charge in [0.05, 0.1) is 6.61 Å². The second kappa shape index (κ2) is 8.18. The van der Waals surface area contributed by atoms with E-state index in [1.807, 2.05) is 64.0 Å². The highest BCUT2D eigenvalue weighted by Crippen LogP contribution is 2.57. The molecule has 0 amide bonds. The van der Waals surface area contributed by atoms with Gasteiger partial charge < -0.3 is 14.5 Å². The number of rotatable bonds is 7.